The van der Waals surface area contributed by atoms with Crippen molar-refractivity contribution >= 4 is 11.8 Å². The van der Waals surface area contributed by atoms with Crippen LogP contribution in [0, 0.1) is 0 Å². The van der Waals surface area contributed by atoms with Gasteiger partial charge in [0.05, 0.1) is 24.6 Å². The first-order valence-corrected chi connectivity index (χ1v) is 9.28. The van der Waals surface area contributed by atoms with E-state index in [0.29, 0.717) is 6.54 Å². The molecule has 2 unspecified atom stereocenters. The number of pyridine rings is 1. The molecule has 2 aliphatic rings. The lowest BCUT2D eigenvalue weighted by Crippen LogP contribution is -2.55. The fourth-order valence-corrected chi connectivity index (χ4v) is 3.57. The number of ether oxygens (including phenoxy) is 1. The molecule has 1 N–H and O–H groups in total. The molecule has 8 nitrogen and oxygen atoms in total. The molecule has 1 saturated heterocycles. The lowest BCUT2D eigenvalue weighted by atomic mass is 9.98. The standard InChI is InChI=1S/C19H23N5O3/c1-2-23-12-21-9-15(23)10-22-19(26)18-17(13-4-3-7-20-8-13)24(14-5-6-14)16(25)11-27-18/h3-4,7-9,12,14,17-18H,2,5-6,10-11H2,1H3,(H,22,26). The summed E-state index contributed by atoms with van der Waals surface area (Å²) in [7, 11) is 0. The van der Waals surface area contributed by atoms with E-state index in [1.807, 2.05) is 28.5 Å². The minimum absolute atomic E-state index is 0.0699. The Kier molecular flexibility index (Phi) is 4.89. The Morgan fingerprint density at radius 3 is 2.89 bits per heavy atom. The molecule has 3 heterocycles. The van der Waals surface area contributed by atoms with E-state index in [2.05, 4.69) is 15.3 Å². The van der Waals surface area contributed by atoms with Gasteiger partial charge in [-0.1, -0.05) is 6.07 Å². The molecule has 0 aromatic carbocycles. The van der Waals surface area contributed by atoms with E-state index in [4.69, 9.17) is 4.74 Å². The number of amides is 2. The molecule has 1 aliphatic carbocycles. The van der Waals surface area contributed by atoms with Crippen LogP contribution in [0.25, 0.3) is 0 Å². The zero-order chi connectivity index (χ0) is 18.8. The van der Waals surface area contributed by atoms with Crippen LogP contribution in [0.3, 0.4) is 0 Å². The molecule has 0 radical (unpaired) electrons. The van der Waals surface area contributed by atoms with Crippen molar-refractivity contribution in [3.63, 3.8) is 0 Å². The summed E-state index contributed by atoms with van der Waals surface area (Å²) in [6.07, 6.45) is 8.03. The van der Waals surface area contributed by atoms with Gasteiger partial charge < -0.3 is 19.5 Å². The highest BCUT2D eigenvalue weighted by Gasteiger charge is 2.47. The number of morpholine rings is 1. The van der Waals surface area contributed by atoms with E-state index < -0.39 is 12.1 Å². The smallest absolute Gasteiger partial charge is 0.252 e. The Hall–Kier alpha value is -2.74. The monoisotopic (exact) mass is 369 g/mol. The van der Waals surface area contributed by atoms with Crippen LogP contribution in [0.2, 0.25) is 0 Å². The topological polar surface area (TPSA) is 89.3 Å². The summed E-state index contributed by atoms with van der Waals surface area (Å²) in [5.41, 5.74) is 1.74. The fraction of sp³-hybridized carbons (Fsp3) is 0.474. The van der Waals surface area contributed by atoms with E-state index in [0.717, 1.165) is 30.6 Å². The van der Waals surface area contributed by atoms with E-state index in [-0.39, 0.29) is 24.5 Å². The summed E-state index contributed by atoms with van der Waals surface area (Å²) in [6.45, 7) is 3.10. The predicted octanol–water partition coefficient (Wildman–Crippen LogP) is 1.05. The second-order valence-corrected chi connectivity index (χ2v) is 6.88. The minimum atomic E-state index is -0.759. The summed E-state index contributed by atoms with van der Waals surface area (Å²) in [6, 6.07) is 3.43. The van der Waals surface area contributed by atoms with Gasteiger partial charge in [-0.15, -0.1) is 0 Å². The van der Waals surface area contributed by atoms with E-state index in [9.17, 15) is 9.59 Å². The molecule has 2 aromatic heterocycles. The van der Waals surface area contributed by atoms with Crippen molar-refractivity contribution in [3.8, 4) is 0 Å². The number of carbonyl (C=O) groups is 2. The first-order chi connectivity index (χ1) is 13.2. The van der Waals surface area contributed by atoms with Crippen molar-refractivity contribution in [2.45, 2.75) is 51.0 Å². The number of aromatic nitrogens is 3. The molecule has 2 amide bonds. The summed E-state index contributed by atoms with van der Waals surface area (Å²) in [5, 5.41) is 2.94. The van der Waals surface area contributed by atoms with Crippen LogP contribution in [0.1, 0.15) is 37.1 Å². The van der Waals surface area contributed by atoms with Gasteiger partial charge in [0.1, 0.15) is 6.61 Å². The quantitative estimate of drug-likeness (QED) is 0.822. The number of hydrogen-bond donors (Lipinski definition) is 1. The molecule has 27 heavy (non-hydrogen) atoms. The number of nitrogens with one attached hydrogen (secondary N) is 1. The molecule has 2 aromatic rings. The average molecular weight is 369 g/mol. The Bertz CT molecular complexity index is 818. The SMILES string of the molecule is CCn1cncc1CNC(=O)C1OCC(=O)N(C2CC2)C1c1cccnc1. The van der Waals surface area contributed by atoms with Crippen LogP contribution in [0.15, 0.2) is 37.1 Å². The Morgan fingerprint density at radius 1 is 1.33 bits per heavy atom. The van der Waals surface area contributed by atoms with Crippen molar-refractivity contribution in [3.05, 3.63) is 48.3 Å². The van der Waals surface area contributed by atoms with Crippen LogP contribution in [0.5, 0.6) is 0 Å². The van der Waals surface area contributed by atoms with Crippen molar-refractivity contribution in [2.75, 3.05) is 6.61 Å². The van der Waals surface area contributed by atoms with Gasteiger partial charge in [-0.3, -0.25) is 14.6 Å². The van der Waals surface area contributed by atoms with Crippen LogP contribution in [-0.2, 0) is 27.4 Å². The molecule has 1 aliphatic heterocycles. The second-order valence-electron chi connectivity index (χ2n) is 6.88. The number of carbonyl (C=O) groups excluding carboxylic acids is 2. The zero-order valence-electron chi connectivity index (χ0n) is 15.2. The highest BCUT2D eigenvalue weighted by Crippen LogP contribution is 2.39. The second kappa shape index (κ2) is 7.48. The number of rotatable bonds is 6. The Balaban J connectivity index is 1.55. The van der Waals surface area contributed by atoms with Gasteiger partial charge in [0, 0.05) is 31.2 Å². The molecule has 0 spiro atoms. The van der Waals surface area contributed by atoms with Crippen molar-refractivity contribution in [1.29, 1.82) is 0 Å². The van der Waals surface area contributed by atoms with Gasteiger partial charge in [0.2, 0.25) is 5.91 Å². The Morgan fingerprint density at radius 2 is 2.19 bits per heavy atom. The molecular formula is C19H23N5O3. The third-order valence-corrected chi connectivity index (χ3v) is 5.07. The molecule has 4 rings (SSSR count). The predicted molar refractivity (Wildman–Crippen MR) is 96.3 cm³/mol. The Labute approximate surface area is 157 Å². The summed E-state index contributed by atoms with van der Waals surface area (Å²) < 4.78 is 7.67. The van der Waals surface area contributed by atoms with Gasteiger partial charge in [0.15, 0.2) is 6.10 Å². The van der Waals surface area contributed by atoms with Gasteiger partial charge in [0.25, 0.3) is 5.91 Å². The van der Waals surface area contributed by atoms with Crippen molar-refractivity contribution < 1.29 is 14.3 Å². The number of hydrogen-bond acceptors (Lipinski definition) is 5. The maximum absolute atomic E-state index is 12.9. The lowest BCUT2D eigenvalue weighted by Gasteiger charge is -2.40. The zero-order valence-corrected chi connectivity index (χ0v) is 15.2. The van der Waals surface area contributed by atoms with Crippen LogP contribution >= 0.6 is 0 Å². The molecule has 142 valence electrons. The first kappa shape index (κ1) is 17.7. The largest absolute Gasteiger partial charge is 0.356 e. The normalized spacial score (nSPS) is 22.7. The average Bonchev–Trinajstić information content (AvgIpc) is 3.43. The maximum atomic E-state index is 12.9. The van der Waals surface area contributed by atoms with Gasteiger partial charge in [-0.05, 0) is 31.4 Å². The lowest BCUT2D eigenvalue weighted by molar-refractivity contribution is -0.165. The van der Waals surface area contributed by atoms with Crippen LogP contribution in [0.4, 0.5) is 0 Å². The molecule has 0 bridgehead atoms. The van der Waals surface area contributed by atoms with Gasteiger partial charge in [-0.25, -0.2) is 4.98 Å². The van der Waals surface area contributed by atoms with Gasteiger partial charge >= 0.3 is 0 Å². The third kappa shape index (κ3) is 3.57. The summed E-state index contributed by atoms with van der Waals surface area (Å²) >= 11 is 0. The van der Waals surface area contributed by atoms with Crippen molar-refractivity contribution in [1.82, 2.24) is 24.8 Å². The molecule has 1 saturated carbocycles. The van der Waals surface area contributed by atoms with Crippen LogP contribution < -0.4 is 5.32 Å². The minimum Gasteiger partial charge on any atom is -0.356 e. The molecule has 2 atom stereocenters. The van der Waals surface area contributed by atoms with Crippen LogP contribution in [-0.4, -0.2) is 50.0 Å². The first-order valence-electron chi connectivity index (χ1n) is 9.28. The molecule has 8 heteroatoms. The number of aryl methyl sites for hydroxylation is 1. The number of imidazole rings is 1. The van der Waals surface area contributed by atoms with E-state index >= 15 is 0 Å². The van der Waals surface area contributed by atoms with E-state index in [1.54, 1.807) is 24.9 Å². The van der Waals surface area contributed by atoms with Gasteiger partial charge in [-0.2, -0.15) is 0 Å². The van der Waals surface area contributed by atoms with Crippen molar-refractivity contribution in [2.24, 2.45) is 0 Å². The molecular weight excluding hydrogens is 346 g/mol. The summed E-state index contributed by atoms with van der Waals surface area (Å²) in [5.74, 6) is -0.301. The maximum Gasteiger partial charge on any atom is 0.252 e. The third-order valence-electron chi connectivity index (χ3n) is 5.07. The number of nitrogens with zero attached hydrogens (tertiary/aromatic N) is 4. The molecule has 2 fully saturated rings. The van der Waals surface area contributed by atoms with E-state index in [1.165, 1.54) is 0 Å². The summed E-state index contributed by atoms with van der Waals surface area (Å²) in [4.78, 5) is 35.5. The highest BCUT2D eigenvalue weighted by molar-refractivity contribution is 5.86. The fourth-order valence-electron chi connectivity index (χ4n) is 3.57. The highest BCUT2D eigenvalue weighted by atomic mass is 16.5.